The van der Waals surface area contributed by atoms with Crippen LogP contribution in [-0.2, 0) is 17.5 Å². The van der Waals surface area contributed by atoms with Crippen molar-refractivity contribution >= 4 is 18.0 Å². The van der Waals surface area contributed by atoms with Gasteiger partial charge < -0.3 is 25.8 Å². The third-order valence-corrected chi connectivity index (χ3v) is 6.70. The van der Waals surface area contributed by atoms with Gasteiger partial charge in [-0.05, 0) is 31.4 Å². The normalized spacial score (nSPS) is 24.7. The second-order valence-electron chi connectivity index (χ2n) is 9.35. The summed E-state index contributed by atoms with van der Waals surface area (Å²) in [6.45, 7) is 0.596. The van der Waals surface area contributed by atoms with Crippen LogP contribution in [0.1, 0.15) is 36.8 Å². The molecule has 2 aliphatic heterocycles. The van der Waals surface area contributed by atoms with E-state index in [0.29, 0.717) is 19.0 Å². The molecule has 3 aliphatic rings. The molecule has 0 radical (unpaired) electrons. The Morgan fingerprint density at radius 2 is 2.00 bits per heavy atom. The Hall–Kier alpha value is -3.05. The highest BCUT2D eigenvalue weighted by molar-refractivity contribution is 5.80. The van der Waals surface area contributed by atoms with Gasteiger partial charge in [-0.25, -0.2) is 14.0 Å². The van der Waals surface area contributed by atoms with Crippen molar-refractivity contribution in [3.8, 4) is 0 Å². The number of benzene rings is 1. The molecule has 1 aromatic rings. The van der Waals surface area contributed by atoms with Gasteiger partial charge in [0.15, 0.2) is 0 Å². The van der Waals surface area contributed by atoms with Crippen molar-refractivity contribution in [2.75, 3.05) is 26.7 Å². The minimum atomic E-state index is -4.66. The Bertz CT molecular complexity index is 984. The number of rotatable bonds is 4. The van der Waals surface area contributed by atoms with Crippen LogP contribution < -0.4 is 16.0 Å². The molecule has 0 aromatic heterocycles. The summed E-state index contributed by atoms with van der Waals surface area (Å²) in [7, 11) is 1.54. The lowest BCUT2D eigenvalue weighted by molar-refractivity contribution is -0.137. The summed E-state index contributed by atoms with van der Waals surface area (Å²) in [5.41, 5.74) is -1.71. The summed E-state index contributed by atoms with van der Waals surface area (Å²) in [4.78, 5) is 40.9. The van der Waals surface area contributed by atoms with Crippen LogP contribution in [0.4, 0.5) is 27.2 Å². The molecule has 1 aliphatic carbocycles. The Kier molecular flexibility index (Phi) is 6.34. The van der Waals surface area contributed by atoms with Crippen LogP contribution in [0.2, 0.25) is 0 Å². The first-order chi connectivity index (χ1) is 16.0. The Morgan fingerprint density at radius 3 is 2.56 bits per heavy atom. The van der Waals surface area contributed by atoms with Gasteiger partial charge in [0.1, 0.15) is 5.82 Å². The molecule has 186 valence electrons. The van der Waals surface area contributed by atoms with E-state index in [1.807, 2.05) is 0 Å². The van der Waals surface area contributed by atoms with Crippen molar-refractivity contribution in [1.29, 1.82) is 0 Å². The van der Waals surface area contributed by atoms with Gasteiger partial charge in [-0.2, -0.15) is 13.2 Å². The van der Waals surface area contributed by atoms with Crippen LogP contribution >= 0.6 is 0 Å². The largest absolute Gasteiger partial charge is 0.416 e. The van der Waals surface area contributed by atoms with Crippen LogP contribution in [0.25, 0.3) is 0 Å². The number of halogens is 4. The Labute approximate surface area is 194 Å². The third kappa shape index (κ3) is 5.05. The van der Waals surface area contributed by atoms with E-state index in [-0.39, 0.29) is 55.6 Å². The number of nitrogens with one attached hydrogen (secondary N) is 3. The van der Waals surface area contributed by atoms with Gasteiger partial charge in [-0.15, -0.1) is 0 Å². The first-order valence-corrected chi connectivity index (χ1v) is 11.2. The van der Waals surface area contributed by atoms with Gasteiger partial charge in [0, 0.05) is 56.7 Å². The number of nitrogens with zero attached hydrogens (tertiary/aromatic N) is 2. The maximum atomic E-state index is 14.2. The maximum absolute atomic E-state index is 14.2. The highest BCUT2D eigenvalue weighted by Crippen LogP contribution is 2.40. The lowest BCUT2D eigenvalue weighted by Crippen LogP contribution is -2.61. The van der Waals surface area contributed by atoms with E-state index in [9.17, 15) is 31.9 Å². The summed E-state index contributed by atoms with van der Waals surface area (Å²) in [6.07, 6.45) is -2.13. The minimum absolute atomic E-state index is 0.0766. The monoisotopic (exact) mass is 485 g/mol. The molecule has 3 N–H and O–H groups in total. The second kappa shape index (κ2) is 8.95. The van der Waals surface area contributed by atoms with Crippen LogP contribution in [-0.4, -0.2) is 66.5 Å². The van der Waals surface area contributed by atoms with Crippen LogP contribution in [0.15, 0.2) is 18.2 Å². The number of piperidine rings is 1. The molecule has 4 rings (SSSR count). The van der Waals surface area contributed by atoms with Crippen LogP contribution in [0.5, 0.6) is 0 Å². The number of carbonyl (C=O) groups is 3. The van der Waals surface area contributed by atoms with Crippen molar-refractivity contribution in [3.63, 3.8) is 0 Å². The van der Waals surface area contributed by atoms with Crippen LogP contribution in [0.3, 0.4) is 0 Å². The number of likely N-dealkylation sites (tertiary alicyclic amines) is 1. The average Bonchev–Trinajstić information content (AvgIpc) is 3.54. The van der Waals surface area contributed by atoms with Gasteiger partial charge in [-0.3, -0.25) is 4.79 Å². The zero-order chi connectivity index (χ0) is 24.7. The highest BCUT2D eigenvalue weighted by Gasteiger charge is 2.50. The molecule has 1 aromatic carbocycles. The topological polar surface area (TPSA) is 93.8 Å². The highest BCUT2D eigenvalue weighted by atomic mass is 19.4. The van der Waals surface area contributed by atoms with E-state index >= 15 is 0 Å². The molecule has 8 nitrogen and oxygen atoms in total. The molecule has 3 fully saturated rings. The first-order valence-electron chi connectivity index (χ1n) is 11.2. The lowest BCUT2D eigenvalue weighted by Gasteiger charge is -2.47. The molecule has 5 amide bonds. The molecule has 1 spiro atoms. The van der Waals surface area contributed by atoms with E-state index in [1.165, 1.54) is 4.90 Å². The van der Waals surface area contributed by atoms with Gasteiger partial charge >= 0.3 is 18.2 Å². The number of carbonyl (C=O) groups excluding carboxylic acids is 3. The molecule has 2 heterocycles. The van der Waals surface area contributed by atoms with E-state index in [4.69, 9.17) is 0 Å². The molecule has 2 atom stereocenters. The Balaban J connectivity index is 1.48. The molecule has 2 saturated heterocycles. The fourth-order valence-electron chi connectivity index (χ4n) is 4.96. The molecule has 1 saturated carbocycles. The van der Waals surface area contributed by atoms with Gasteiger partial charge in [-0.1, -0.05) is 6.07 Å². The molecular formula is C22H27F4N5O3. The van der Waals surface area contributed by atoms with E-state index in [1.54, 1.807) is 11.9 Å². The van der Waals surface area contributed by atoms with E-state index < -0.39 is 29.0 Å². The molecule has 34 heavy (non-hydrogen) atoms. The molecule has 2 unspecified atom stereocenters. The van der Waals surface area contributed by atoms with E-state index in [0.717, 1.165) is 25.0 Å². The Morgan fingerprint density at radius 1 is 1.26 bits per heavy atom. The fourth-order valence-corrected chi connectivity index (χ4v) is 4.96. The SMILES string of the molecule is CNC(=O)N(C1CC1)C1CN(C(=O)NCc2ccc(C(F)(F)F)cc2F)CC2(CNC(=O)C2)C1. The van der Waals surface area contributed by atoms with Crippen molar-refractivity contribution in [3.05, 3.63) is 35.1 Å². The molecular weight excluding hydrogens is 458 g/mol. The first kappa shape index (κ1) is 24.1. The van der Waals surface area contributed by atoms with Crippen molar-refractivity contribution in [1.82, 2.24) is 25.8 Å². The predicted octanol–water partition coefficient (Wildman–Crippen LogP) is 2.44. The van der Waals surface area contributed by atoms with Gasteiger partial charge in [0.05, 0.1) is 11.6 Å². The van der Waals surface area contributed by atoms with Crippen molar-refractivity contribution < 1.29 is 31.9 Å². The second-order valence-corrected chi connectivity index (χ2v) is 9.35. The minimum Gasteiger partial charge on any atom is -0.355 e. The number of hydrogen-bond acceptors (Lipinski definition) is 3. The third-order valence-electron chi connectivity index (χ3n) is 6.70. The molecule has 0 bridgehead atoms. The quantitative estimate of drug-likeness (QED) is 0.572. The average molecular weight is 485 g/mol. The summed E-state index contributed by atoms with van der Waals surface area (Å²) in [5, 5.41) is 8.03. The molecule has 12 heteroatoms. The number of urea groups is 2. The number of alkyl halides is 3. The van der Waals surface area contributed by atoms with Crippen molar-refractivity contribution in [2.45, 2.75) is 50.5 Å². The smallest absolute Gasteiger partial charge is 0.355 e. The van der Waals surface area contributed by atoms with Crippen LogP contribution in [0, 0.1) is 11.2 Å². The zero-order valence-electron chi connectivity index (χ0n) is 18.7. The lowest BCUT2D eigenvalue weighted by atomic mass is 9.76. The number of hydrogen-bond donors (Lipinski definition) is 3. The number of amides is 5. The maximum Gasteiger partial charge on any atom is 0.416 e. The van der Waals surface area contributed by atoms with Gasteiger partial charge in [0.2, 0.25) is 5.91 Å². The standard InChI is InChI=1S/C22H27F4N5O3/c1-27-19(33)31(15-4-5-15)16-7-21(8-18(32)29-11-21)12-30(10-16)20(34)28-9-13-2-3-14(6-17(13)23)22(24,25)26/h2-3,6,15-16H,4-5,7-12H2,1H3,(H,27,33)(H,28,34)(H,29,32). The summed E-state index contributed by atoms with van der Waals surface area (Å²) in [6, 6.07) is 1.17. The predicted molar refractivity (Wildman–Crippen MR) is 113 cm³/mol. The van der Waals surface area contributed by atoms with E-state index in [2.05, 4.69) is 16.0 Å². The van der Waals surface area contributed by atoms with Crippen molar-refractivity contribution in [2.24, 2.45) is 5.41 Å². The summed E-state index contributed by atoms with van der Waals surface area (Å²) in [5.74, 6) is -1.18. The summed E-state index contributed by atoms with van der Waals surface area (Å²) < 4.78 is 52.5. The van der Waals surface area contributed by atoms with Gasteiger partial charge in [0.25, 0.3) is 0 Å². The summed E-state index contributed by atoms with van der Waals surface area (Å²) >= 11 is 0. The fraction of sp³-hybridized carbons (Fsp3) is 0.591. The zero-order valence-corrected chi connectivity index (χ0v) is 18.7.